The first kappa shape index (κ1) is 13.5. The normalized spacial score (nSPS) is 10.5. The molecule has 1 rings (SSSR count). The molecule has 0 N–H and O–H groups in total. The Bertz CT molecular complexity index is 497. The minimum absolute atomic E-state index is 0.0773. The third-order valence-electron chi connectivity index (χ3n) is 1.83. The van der Waals surface area contributed by atoms with Crippen molar-refractivity contribution >= 4 is 45.8 Å². The van der Waals surface area contributed by atoms with Crippen molar-refractivity contribution in [2.45, 2.75) is 6.42 Å². The zero-order valence-electron chi connectivity index (χ0n) is 8.52. The molecule has 0 aromatic heterocycles. The Hall–Kier alpha value is -1.52. The number of carbonyl (C=O) groups excluding carboxylic acids is 3. The Morgan fingerprint density at radius 2 is 1.71 bits per heavy atom. The second kappa shape index (κ2) is 6.27. The van der Waals surface area contributed by atoms with E-state index in [1.807, 2.05) is 0 Å². The molecule has 0 spiro atoms. The van der Waals surface area contributed by atoms with Gasteiger partial charge >= 0.3 is 0 Å². The van der Waals surface area contributed by atoms with Gasteiger partial charge in [-0.15, -0.1) is 0 Å². The number of hydrogen-bond donors (Lipinski definition) is 0. The minimum Gasteiger partial charge on any atom is -0.281 e. The van der Waals surface area contributed by atoms with E-state index in [0.29, 0.717) is 0 Å². The van der Waals surface area contributed by atoms with Gasteiger partial charge in [-0.25, -0.2) is 4.99 Å². The first-order valence-electron chi connectivity index (χ1n) is 4.56. The fourth-order valence-corrected chi connectivity index (χ4v) is 1.34. The lowest BCUT2D eigenvalue weighted by molar-refractivity contribution is -0.110. The summed E-state index contributed by atoms with van der Waals surface area (Å²) in [5.41, 5.74) is 0.166. The largest absolute Gasteiger partial charge is 0.281 e. The Kier molecular flexibility index (Phi) is 5.00. The smallest absolute Gasteiger partial charge is 0.277 e. The highest BCUT2D eigenvalue weighted by molar-refractivity contribution is 6.68. The van der Waals surface area contributed by atoms with Crippen LogP contribution in [0.2, 0.25) is 0 Å². The van der Waals surface area contributed by atoms with Crippen LogP contribution in [0.25, 0.3) is 0 Å². The number of halogens is 2. The van der Waals surface area contributed by atoms with E-state index in [9.17, 15) is 14.4 Å². The van der Waals surface area contributed by atoms with Gasteiger partial charge in [-0.1, -0.05) is 12.1 Å². The lowest BCUT2D eigenvalue weighted by Crippen LogP contribution is -2.04. The number of benzene rings is 1. The van der Waals surface area contributed by atoms with Crippen LogP contribution in [0.15, 0.2) is 29.3 Å². The van der Waals surface area contributed by atoms with Crippen LogP contribution in [0.4, 0.5) is 0 Å². The van der Waals surface area contributed by atoms with Crippen molar-refractivity contribution in [3.63, 3.8) is 0 Å². The summed E-state index contributed by atoms with van der Waals surface area (Å²) < 4.78 is 0. The van der Waals surface area contributed by atoms with Crippen LogP contribution < -0.4 is 0 Å². The highest BCUT2D eigenvalue weighted by Crippen LogP contribution is 2.12. The molecule has 0 unspecified atom stereocenters. The van der Waals surface area contributed by atoms with E-state index in [2.05, 4.69) is 4.99 Å². The minimum atomic E-state index is -0.738. The highest BCUT2D eigenvalue weighted by Gasteiger charge is 2.13. The molecular weight excluding hydrogens is 265 g/mol. The molecule has 0 heterocycles. The molecule has 88 valence electrons. The van der Waals surface area contributed by atoms with Crippen LogP contribution in [-0.2, 0) is 4.79 Å². The third kappa shape index (κ3) is 4.09. The van der Waals surface area contributed by atoms with Gasteiger partial charge in [0.1, 0.15) is 0 Å². The Morgan fingerprint density at radius 1 is 1.12 bits per heavy atom. The van der Waals surface area contributed by atoms with Gasteiger partial charge in [-0.05, 0) is 35.3 Å². The molecule has 17 heavy (non-hydrogen) atoms. The fraction of sp³-hybridized carbons (Fsp3) is 0.0909. The molecule has 6 heteroatoms. The van der Waals surface area contributed by atoms with Crippen molar-refractivity contribution in [3.8, 4) is 0 Å². The summed E-state index contributed by atoms with van der Waals surface area (Å²) in [6, 6.07) is 6.01. The first-order valence-corrected chi connectivity index (χ1v) is 5.32. The van der Waals surface area contributed by atoms with Crippen molar-refractivity contribution in [1.29, 1.82) is 0 Å². The molecule has 0 aliphatic carbocycles. The standard InChI is InChI=1S/C11H7Cl2NO3/c12-9(15)5-6-14-11(17)8-4-2-1-3-7(8)10(13)16/h1-4,6H,5H2. The predicted octanol–water partition coefficient (Wildman–Crippen LogP) is 2.43. The van der Waals surface area contributed by atoms with Crippen LogP contribution in [0.3, 0.4) is 0 Å². The molecule has 0 aliphatic heterocycles. The number of nitrogens with zero attached hydrogens (tertiary/aromatic N) is 1. The fourth-order valence-electron chi connectivity index (χ4n) is 1.11. The summed E-state index contributed by atoms with van der Waals surface area (Å²) in [6.45, 7) is 0. The number of amides is 1. The molecule has 0 aliphatic rings. The number of rotatable bonds is 4. The monoisotopic (exact) mass is 271 g/mol. The van der Waals surface area contributed by atoms with Crippen LogP contribution in [0.5, 0.6) is 0 Å². The number of aliphatic imine (C=N–C) groups is 1. The molecule has 0 fully saturated rings. The molecule has 1 aromatic carbocycles. The summed E-state index contributed by atoms with van der Waals surface area (Å²) in [4.78, 5) is 36.5. The van der Waals surface area contributed by atoms with Gasteiger partial charge in [0.25, 0.3) is 11.1 Å². The van der Waals surface area contributed by atoms with Crippen LogP contribution in [0.1, 0.15) is 27.1 Å². The van der Waals surface area contributed by atoms with Crippen molar-refractivity contribution in [2.24, 2.45) is 4.99 Å². The van der Waals surface area contributed by atoms with Crippen LogP contribution in [-0.4, -0.2) is 22.6 Å². The summed E-state index contributed by atoms with van der Waals surface area (Å²) in [5, 5.41) is -1.36. The van der Waals surface area contributed by atoms with Crippen LogP contribution in [0, 0.1) is 0 Å². The SMILES string of the molecule is O=C(Cl)CC=NC(=O)c1ccccc1C(=O)Cl. The first-order chi connectivity index (χ1) is 8.02. The Morgan fingerprint density at radius 3 is 2.24 bits per heavy atom. The average molecular weight is 272 g/mol. The van der Waals surface area contributed by atoms with Crippen molar-refractivity contribution in [1.82, 2.24) is 0 Å². The van der Waals surface area contributed by atoms with Crippen molar-refractivity contribution < 1.29 is 14.4 Å². The molecule has 0 saturated carbocycles. The molecule has 0 atom stereocenters. The van der Waals surface area contributed by atoms with Crippen molar-refractivity contribution in [2.75, 3.05) is 0 Å². The van der Waals surface area contributed by atoms with E-state index in [1.54, 1.807) is 12.1 Å². The molecule has 0 bridgehead atoms. The molecular formula is C11H7Cl2NO3. The Balaban J connectivity index is 2.93. The van der Waals surface area contributed by atoms with Gasteiger partial charge in [-0.2, -0.15) is 0 Å². The van der Waals surface area contributed by atoms with E-state index in [-0.39, 0.29) is 17.5 Å². The predicted molar refractivity (Wildman–Crippen MR) is 64.9 cm³/mol. The molecule has 0 radical (unpaired) electrons. The zero-order valence-corrected chi connectivity index (χ0v) is 10.0. The molecule has 4 nitrogen and oxygen atoms in total. The summed E-state index contributed by atoms with van der Waals surface area (Å²) >= 11 is 10.4. The zero-order chi connectivity index (χ0) is 12.8. The summed E-state index contributed by atoms with van der Waals surface area (Å²) in [6.07, 6.45) is 0.942. The number of carbonyl (C=O) groups is 3. The third-order valence-corrected chi connectivity index (χ3v) is 2.19. The highest BCUT2D eigenvalue weighted by atomic mass is 35.5. The second-order valence-electron chi connectivity index (χ2n) is 3.00. The lowest BCUT2D eigenvalue weighted by atomic mass is 10.1. The van der Waals surface area contributed by atoms with E-state index in [0.717, 1.165) is 6.21 Å². The van der Waals surface area contributed by atoms with E-state index in [1.165, 1.54) is 12.1 Å². The van der Waals surface area contributed by atoms with Gasteiger partial charge in [-0.3, -0.25) is 14.4 Å². The molecule has 1 aromatic rings. The van der Waals surface area contributed by atoms with Crippen LogP contribution >= 0.6 is 23.2 Å². The summed E-state index contributed by atoms with van der Waals surface area (Å²) in [7, 11) is 0. The van der Waals surface area contributed by atoms with Gasteiger partial charge in [0.2, 0.25) is 5.24 Å². The van der Waals surface area contributed by atoms with Crippen molar-refractivity contribution in [3.05, 3.63) is 35.4 Å². The maximum atomic E-state index is 11.6. The summed E-state index contributed by atoms with van der Waals surface area (Å²) in [5.74, 6) is -0.646. The van der Waals surface area contributed by atoms with Gasteiger partial charge in [0, 0.05) is 11.8 Å². The molecule has 1 amide bonds. The second-order valence-corrected chi connectivity index (χ2v) is 3.76. The average Bonchev–Trinajstić information content (AvgIpc) is 2.28. The van der Waals surface area contributed by atoms with E-state index < -0.39 is 16.4 Å². The Labute approximate surface area is 107 Å². The molecule has 0 saturated heterocycles. The topological polar surface area (TPSA) is 63.6 Å². The van der Waals surface area contributed by atoms with Gasteiger partial charge in [0.15, 0.2) is 0 Å². The number of hydrogen-bond acceptors (Lipinski definition) is 3. The van der Waals surface area contributed by atoms with Gasteiger partial charge < -0.3 is 0 Å². The quantitative estimate of drug-likeness (QED) is 0.624. The van der Waals surface area contributed by atoms with E-state index >= 15 is 0 Å². The van der Waals surface area contributed by atoms with Gasteiger partial charge in [0.05, 0.1) is 12.0 Å². The maximum Gasteiger partial charge on any atom is 0.277 e. The van der Waals surface area contributed by atoms with E-state index in [4.69, 9.17) is 23.2 Å². The maximum absolute atomic E-state index is 11.6. The lowest BCUT2D eigenvalue weighted by Gasteiger charge is -2.00.